The van der Waals surface area contributed by atoms with Gasteiger partial charge in [0, 0.05) is 43.8 Å². The van der Waals surface area contributed by atoms with Crippen molar-refractivity contribution in [2.75, 3.05) is 37.7 Å². The molecule has 1 amide bonds. The molecule has 1 aliphatic heterocycles. The lowest BCUT2D eigenvalue weighted by Gasteiger charge is -2.36. The van der Waals surface area contributed by atoms with Gasteiger partial charge in [0.25, 0.3) is 5.91 Å². The Morgan fingerprint density at radius 3 is 2.48 bits per heavy atom. The first kappa shape index (κ1) is 22.8. The summed E-state index contributed by atoms with van der Waals surface area (Å²) in [6.07, 6.45) is -2.71. The molecule has 3 aromatic rings. The minimum atomic E-state index is -4.38. The van der Waals surface area contributed by atoms with Gasteiger partial charge >= 0.3 is 6.18 Å². The van der Waals surface area contributed by atoms with Crippen LogP contribution < -0.4 is 9.64 Å². The predicted octanol–water partition coefficient (Wildman–Crippen LogP) is 5.21. The number of amides is 1. The predicted molar refractivity (Wildman–Crippen MR) is 123 cm³/mol. The van der Waals surface area contributed by atoms with Gasteiger partial charge in [-0.05, 0) is 43.3 Å². The van der Waals surface area contributed by atoms with Gasteiger partial charge in [-0.2, -0.15) is 13.2 Å². The van der Waals surface area contributed by atoms with E-state index in [1.165, 1.54) is 6.07 Å². The fraction of sp³-hybridized carbons (Fsp3) is 0.320. The van der Waals surface area contributed by atoms with Crippen LogP contribution in [0.3, 0.4) is 0 Å². The molecule has 0 aliphatic carbocycles. The van der Waals surface area contributed by atoms with Crippen LogP contribution in [0.1, 0.15) is 23.0 Å². The molecule has 1 aromatic heterocycles. The third-order valence-electron chi connectivity index (χ3n) is 5.90. The van der Waals surface area contributed by atoms with Crippen LogP contribution in [0, 0.1) is 0 Å². The molecular formula is C25H26F3N3O2. The van der Waals surface area contributed by atoms with Crippen LogP contribution in [-0.4, -0.2) is 48.2 Å². The molecule has 0 bridgehead atoms. The quantitative estimate of drug-likeness (QED) is 0.477. The van der Waals surface area contributed by atoms with Crippen molar-refractivity contribution in [2.24, 2.45) is 0 Å². The Kier molecular flexibility index (Phi) is 6.35. The minimum Gasteiger partial charge on any atom is -0.489 e. The zero-order chi connectivity index (χ0) is 23.6. The second-order valence-corrected chi connectivity index (χ2v) is 7.89. The van der Waals surface area contributed by atoms with Gasteiger partial charge in [-0.1, -0.05) is 24.8 Å². The number of carbonyl (C=O) groups excluding carboxylic acids is 1. The first-order valence-corrected chi connectivity index (χ1v) is 10.9. The van der Waals surface area contributed by atoms with Crippen molar-refractivity contribution in [2.45, 2.75) is 19.6 Å². The van der Waals surface area contributed by atoms with E-state index in [9.17, 15) is 18.0 Å². The number of fused-ring (bicyclic) bond motifs is 1. The zero-order valence-corrected chi connectivity index (χ0v) is 18.4. The number of hydrogen-bond donors (Lipinski definition) is 0. The molecule has 0 atom stereocenters. The Morgan fingerprint density at radius 2 is 1.82 bits per heavy atom. The summed E-state index contributed by atoms with van der Waals surface area (Å²) in [6, 6.07) is 12.9. The number of alkyl halides is 3. The summed E-state index contributed by atoms with van der Waals surface area (Å²) < 4.78 is 46.9. The maximum atomic E-state index is 13.4. The van der Waals surface area contributed by atoms with E-state index in [0.717, 1.165) is 23.0 Å². The van der Waals surface area contributed by atoms with E-state index >= 15 is 0 Å². The Labute approximate surface area is 190 Å². The summed E-state index contributed by atoms with van der Waals surface area (Å²) in [5, 5.41) is 0.868. The molecule has 8 heteroatoms. The lowest BCUT2D eigenvalue weighted by molar-refractivity contribution is -0.137. The lowest BCUT2D eigenvalue weighted by Crippen LogP contribution is -2.49. The molecule has 2 aromatic carbocycles. The van der Waals surface area contributed by atoms with E-state index in [0.29, 0.717) is 56.5 Å². The third-order valence-corrected chi connectivity index (χ3v) is 5.90. The molecule has 5 nitrogen and oxygen atoms in total. The number of nitrogens with zero attached hydrogens (tertiary/aromatic N) is 3. The number of ether oxygens (including phenoxy) is 1. The SMILES string of the molecule is C=CCOc1cccc2c1cc(C(=O)N1CCN(c3cccc(C(F)(F)F)c3)CC1)n2CC. The third kappa shape index (κ3) is 4.55. The van der Waals surface area contributed by atoms with Crippen LogP contribution in [0.15, 0.2) is 61.2 Å². The minimum absolute atomic E-state index is 0.0913. The Balaban J connectivity index is 1.53. The van der Waals surface area contributed by atoms with Gasteiger partial charge < -0.3 is 19.1 Å². The molecule has 0 saturated carbocycles. The van der Waals surface area contributed by atoms with Crippen molar-refractivity contribution in [3.05, 3.63) is 72.4 Å². The van der Waals surface area contributed by atoms with Crippen LogP contribution >= 0.6 is 0 Å². The summed E-state index contributed by atoms with van der Waals surface area (Å²) in [5.41, 5.74) is 1.35. The summed E-state index contributed by atoms with van der Waals surface area (Å²) in [6.45, 7) is 8.45. The average molecular weight is 457 g/mol. The zero-order valence-electron chi connectivity index (χ0n) is 18.4. The molecule has 0 N–H and O–H groups in total. The van der Waals surface area contributed by atoms with Gasteiger partial charge in [0.1, 0.15) is 18.1 Å². The monoisotopic (exact) mass is 457 g/mol. The van der Waals surface area contributed by atoms with Gasteiger partial charge in [0.15, 0.2) is 0 Å². The summed E-state index contributed by atoms with van der Waals surface area (Å²) in [4.78, 5) is 17.0. The second-order valence-electron chi connectivity index (χ2n) is 7.89. The molecule has 1 aliphatic rings. The van der Waals surface area contributed by atoms with Crippen molar-refractivity contribution >= 4 is 22.5 Å². The number of rotatable bonds is 6. The van der Waals surface area contributed by atoms with Crippen molar-refractivity contribution in [3.8, 4) is 5.75 Å². The fourth-order valence-electron chi connectivity index (χ4n) is 4.26. The molecule has 4 rings (SSSR count). The molecule has 1 fully saturated rings. The highest BCUT2D eigenvalue weighted by Crippen LogP contribution is 2.33. The lowest BCUT2D eigenvalue weighted by atomic mass is 10.1. The smallest absolute Gasteiger partial charge is 0.416 e. The topological polar surface area (TPSA) is 37.7 Å². The van der Waals surface area contributed by atoms with E-state index in [-0.39, 0.29) is 5.91 Å². The van der Waals surface area contributed by atoms with Crippen LogP contribution in [0.4, 0.5) is 18.9 Å². The molecule has 33 heavy (non-hydrogen) atoms. The van der Waals surface area contributed by atoms with Gasteiger partial charge in [-0.3, -0.25) is 4.79 Å². The summed E-state index contributed by atoms with van der Waals surface area (Å²) in [7, 11) is 0. The molecule has 2 heterocycles. The van der Waals surface area contributed by atoms with E-state index in [2.05, 4.69) is 6.58 Å². The number of aryl methyl sites for hydroxylation is 1. The fourth-order valence-corrected chi connectivity index (χ4v) is 4.26. The van der Waals surface area contributed by atoms with E-state index in [1.54, 1.807) is 17.0 Å². The highest BCUT2D eigenvalue weighted by molar-refractivity contribution is 6.00. The van der Waals surface area contributed by atoms with Crippen molar-refractivity contribution in [3.63, 3.8) is 0 Å². The van der Waals surface area contributed by atoms with Crippen LogP contribution in [0.25, 0.3) is 10.9 Å². The number of piperazine rings is 1. The van der Waals surface area contributed by atoms with Crippen molar-refractivity contribution in [1.82, 2.24) is 9.47 Å². The number of benzene rings is 2. The van der Waals surface area contributed by atoms with Gasteiger partial charge in [0.2, 0.25) is 0 Å². The first-order chi connectivity index (χ1) is 15.8. The number of hydrogen-bond acceptors (Lipinski definition) is 3. The molecule has 0 radical (unpaired) electrons. The standard InChI is InChI=1S/C25H26F3N3O2/c1-3-15-33-23-10-6-9-21-20(23)17-22(31(21)4-2)24(32)30-13-11-29(12-14-30)19-8-5-7-18(16-19)25(26,27)28/h3,5-10,16-17H,1,4,11-15H2,2H3. The first-order valence-electron chi connectivity index (χ1n) is 10.9. The molecule has 174 valence electrons. The van der Waals surface area contributed by atoms with Crippen molar-refractivity contribution in [1.29, 1.82) is 0 Å². The van der Waals surface area contributed by atoms with Crippen LogP contribution in [0.2, 0.25) is 0 Å². The van der Waals surface area contributed by atoms with Gasteiger partial charge in [-0.15, -0.1) is 0 Å². The number of aromatic nitrogens is 1. The van der Waals surface area contributed by atoms with Gasteiger partial charge in [-0.25, -0.2) is 0 Å². The normalized spacial score (nSPS) is 14.5. The van der Waals surface area contributed by atoms with E-state index < -0.39 is 11.7 Å². The average Bonchev–Trinajstić information content (AvgIpc) is 3.21. The Morgan fingerprint density at radius 1 is 1.09 bits per heavy atom. The Hall–Kier alpha value is -3.42. The second kappa shape index (κ2) is 9.21. The van der Waals surface area contributed by atoms with Crippen LogP contribution in [0.5, 0.6) is 5.75 Å². The summed E-state index contributed by atoms with van der Waals surface area (Å²) in [5.74, 6) is 0.606. The maximum absolute atomic E-state index is 13.4. The highest BCUT2D eigenvalue weighted by atomic mass is 19.4. The van der Waals surface area contributed by atoms with Crippen molar-refractivity contribution < 1.29 is 22.7 Å². The Bertz CT molecular complexity index is 1160. The van der Waals surface area contributed by atoms with Crippen LogP contribution in [-0.2, 0) is 12.7 Å². The summed E-state index contributed by atoms with van der Waals surface area (Å²) >= 11 is 0. The molecular weight excluding hydrogens is 431 g/mol. The molecule has 0 spiro atoms. The number of carbonyl (C=O) groups is 1. The number of halogens is 3. The molecule has 1 saturated heterocycles. The molecule has 0 unspecified atom stereocenters. The van der Waals surface area contributed by atoms with E-state index in [1.807, 2.05) is 40.7 Å². The van der Waals surface area contributed by atoms with Gasteiger partial charge in [0.05, 0.1) is 11.1 Å². The number of anilines is 1. The largest absolute Gasteiger partial charge is 0.489 e. The highest BCUT2D eigenvalue weighted by Gasteiger charge is 2.31. The maximum Gasteiger partial charge on any atom is 0.416 e. The van der Waals surface area contributed by atoms with E-state index in [4.69, 9.17) is 4.74 Å².